The van der Waals surface area contributed by atoms with Crippen molar-refractivity contribution >= 4 is 11.0 Å². The Morgan fingerprint density at radius 2 is 1.53 bits per heavy atom. The first-order valence-corrected chi connectivity index (χ1v) is 11.3. The number of benzene rings is 2. The largest absolute Gasteiger partial charge is 0.504 e. The predicted octanol–water partition coefficient (Wildman–Crippen LogP) is 0.379. The van der Waals surface area contributed by atoms with E-state index in [1.165, 1.54) is 46.6 Å². The molecule has 38 heavy (non-hydrogen) atoms. The number of aliphatic hydroxyl groups is 4. The Morgan fingerprint density at radius 1 is 0.842 bits per heavy atom. The molecule has 1 saturated heterocycles. The number of ether oxygens (including phenoxy) is 6. The van der Waals surface area contributed by atoms with Crippen molar-refractivity contribution in [1.29, 1.82) is 0 Å². The molecule has 0 radical (unpaired) electrons. The molecule has 206 valence electrons. The number of hydrogen-bond donors (Lipinski definition) is 5. The number of methoxy groups -OCH3 is 4. The van der Waals surface area contributed by atoms with Crippen LogP contribution in [-0.2, 0) is 4.74 Å². The second-order valence-electron chi connectivity index (χ2n) is 8.30. The predicted molar refractivity (Wildman–Crippen MR) is 130 cm³/mol. The van der Waals surface area contributed by atoms with E-state index in [-0.39, 0.29) is 56.8 Å². The number of hydrogen-bond acceptors (Lipinski definition) is 13. The van der Waals surface area contributed by atoms with E-state index in [9.17, 15) is 30.3 Å². The smallest absolute Gasteiger partial charge is 0.229 e. The second-order valence-corrected chi connectivity index (χ2v) is 8.30. The fraction of sp³-hybridized carbons (Fsp3) is 0.400. The number of aliphatic hydroxyl groups excluding tert-OH is 4. The van der Waals surface area contributed by atoms with Gasteiger partial charge in [-0.05, 0) is 12.1 Å². The van der Waals surface area contributed by atoms with Crippen LogP contribution >= 0.6 is 0 Å². The number of phenols is 1. The maximum Gasteiger partial charge on any atom is 0.229 e. The highest BCUT2D eigenvalue weighted by Crippen LogP contribution is 2.46. The Labute approximate surface area is 215 Å². The molecule has 1 fully saturated rings. The van der Waals surface area contributed by atoms with Gasteiger partial charge in [-0.3, -0.25) is 4.79 Å². The van der Waals surface area contributed by atoms with Crippen LogP contribution in [0.2, 0.25) is 0 Å². The van der Waals surface area contributed by atoms with Gasteiger partial charge < -0.3 is 58.4 Å². The first-order chi connectivity index (χ1) is 18.2. The summed E-state index contributed by atoms with van der Waals surface area (Å²) >= 11 is 0. The molecule has 5 atom stereocenters. The summed E-state index contributed by atoms with van der Waals surface area (Å²) in [6, 6.07) is 5.28. The van der Waals surface area contributed by atoms with Crippen LogP contribution < -0.4 is 29.1 Å². The van der Waals surface area contributed by atoms with E-state index >= 15 is 0 Å². The van der Waals surface area contributed by atoms with Gasteiger partial charge in [0.25, 0.3) is 0 Å². The zero-order valence-electron chi connectivity index (χ0n) is 20.9. The molecular weight excluding hydrogens is 508 g/mol. The fourth-order valence-electron chi connectivity index (χ4n) is 4.26. The van der Waals surface area contributed by atoms with Crippen LogP contribution in [0.1, 0.15) is 0 Å². The van der Waals surface area contributed by atoms with Crippen molar-refractivity contribution in [1.82, 2.24) is 0 Å². The maximum atomic E-state index is 13.5. The molecule has 3 aromatic rings. The molecule has 0 saturated carbocycles. The summed E-state index contributed by atoms with van der Waals surface area (Å²) in [4.78, 5) is 13.5. The van der Waals surface area contributed by atoms with E-state index in [0.29, 0.717) is 0 Å². The van der Waals surface area contributed by atoms with E-state index in [2.05, 4.69) is 0 Å². The second kappa shape index (κ2) is 10.9. The first kappa shape index (κ1) is 27.3. The molecule has 5 N–H and O–H groups in total. The summed E-state index contributed by atoms with van der Waals surface area (Å²) in [5, 5.41) is 50.1. The van der Waals surface area contributed by atoms with Gasteiger partial charge in [0.05, 0.1) is 40.6 Å². The molecule has 2 heterocycles. The molecule has 0 amide bonds. The van der Waals surface area contributed by atoms with Gasteiger partial charge in [-0.25, -0.2) is 0 Å². The van der Waals surface area contributed by atoms with Crippen molar-refractivity contribution in [2.75, 3.05) is 35.0 Å². The molecule has 1 aliphatic heterocycles. The van der Waals surface area contributed by atoms with Crippen LogP contribution in [0.25, 0.3) is 22.3 Å². The van der Waals surface area contributed by atoms with Crippen molar-refractivity contribution in [2.24, 2.45) is 0 Å². The Bertz CT molecular complexity index is 1370. The topological polar surface area (TPSA) is 187 Å². The van der Waals surface area contributed by atoms with Gasteiger partial charge >= 0.3 is 0 Å². The van der Waals surface area contributed by atoms with Crippen molar-refractivity contribution in [3.63, 3.8) is 0 Å². The molecule has 0 aliphatic carbocycles. The van der Waals surface area contributed by atoms with E-state index in [1.54, 1.807) is 0 Å². The van der Waals surface area contributed by atoms with Gasteiger partial charge in [0, 0.05) is 12.1 Å². The monoisotopic (exact) mass is 536 g/mol. The Hall–Kier alpha value is -3.75. The molecule has 13 nitrogen and oxygen atoms in total. The van der Waals surface area contributed by atoms with Crippen LogP contribution in [0, 0.1) is 0 Å². The lowest BCUT2D eigenvalue weighted by Gasteiger charge is -2.39. The molecule has 1 aliphatic rings. The quantitative estimate of drug-likeness (QED) is 0.266. The lowest BCUT2D eigenvalue weighted by atomic mass is 9.99. The van der Waals surface area contributed by atoms with Crippen LogP contribution in [-0.4, -0.2) is 91.3 Å². The van der Waals surface area contributed by atoms with Crippen molar-refractivity contribution in [2.45, 2.75) is 30.7 Å². The SMILES string of the molecule is COc1cc(O[C@@H]2O[C@H](CO)[C@@H](O)[C@H](O)[C@H]2O)c2c(=O)cc(-c3ccc(O)c(OC)c3OC)oc2c1OC. The highest BCUT2D eigenvalue weighted by molar-refractivity contribution is 5.92. The Morgan fingerprint density at radius 3 is 2.13 bits per heavy atom. The highest BCUT2D eigenvalue weighted by atomic mass is 16.7. The Balaban J connectivity index is 1.91. The standard InChI is InChI=1S/C25H28O13/c1-32-15-8-14(37-25-20(31)19(30)18(29)16(9-26)38-25)17-12(28)7-13(36-24(17)23(15)35-4)10-5-6-11(27)22(34-3)21(10)33-2/h5-8,16,18-20,25-27,29-31H,9H2,1-4H3/t16-,18-,19+,20-,25-/m1/s1. The summed E-state index contributed by atoms with van der Waals surface area (Å²) < 4.78 is 38.7. The van der Waals surface area contributed by atoms with Gasteiger partial charge in [-0.1, -0.05) is 0 Å². The Kier molecular flexibility index (Phi) is 7.85. The molecule has 2 aromatic carbocycles. The summed E-state index contributed by atoms with van der Waals surface area (Å²) in [7, 11) is 5.38. The van der Waals surface area contributed by atoms with Crippen LogP contribution in [0.5, 0.6) is 34.5 Å². The van der Waals surface area contributed by atoms with Gasteiger partial charge in [-0.2, -0.15) is 0 Å². The third kappa shape index (κ3) is 4.54. The van der Waals surface area contributed by atoms with Crippen LogP contribution in [0.15, 0.2) is 33.5 Å². The average molecular weight is 536 g/mol. The average Bonchev–Trinajstić information content (AvgIpc) is 2.92. The molecule has 0 spiro atoms. The van der Waals surface area contributed by atoms with Crippen molar-refractivity contribution in [3.05, 3.63) is 34.5 Å². The molecule has 1 aromatic heterocycles. The van der Waals surface area contributed by atoms with E-state index in [1.807, 2.05) is 0 Å². The number of phenolic OH excluding ortho intramolecular Hbond substituents is 1. The minimum Gasteiger partial charge on any atom is -0.504 e. The van der Waals surface area contributed by atoms with E-state index in [0.717, 1.165) is 6.07 Å². The van der Waals surface area contributed by atoms with Crippen molar-refractivity contribution in [3.8, 4) is 45.8 Å². The van der Waals surface area contributed by atoms with E-state index < -0.39 is 42.7 Å². The lowest BCUT2D eigenvalue weighted by molar-refractivity contribution is -0.277. The number of rotatable bonds is 8. The summed E-state index contributed by atoms with van der Waals surface area (Å²) in [5.74, 6) is -0.0414. The van der Waals surface area contributed by atoms with Gasteiger partial charge in [0.1, 0.15) is 41.3 Å². The molecule has 13 heteroatoms. The maximum absolute atomic E-state index is 13.5. The van der Waals surface area contributed by atoms with Gasteiger partial charge in [0.15, 0.2) is 28.3 Å². The zero-order chi connectivity index (χ0) is 27.7. The van der Waals surface area contributed by atoms with Crippen molar-refractivity contribution < 1.29 is 58.4 Å². The highest BCUT2D eigenvalue weighted by Gasteiger charge is 2.45. The molecular formula is C25H28O13. The summed E-state index contributed by atoms with van der Waals surface area (Å²) in [5.41, 5.74) is -0.415. The lowest BCUT2D eigenvalue weighted by Crippen LogP contribution is -2.60. The minimum atomic E-state index is -1.73. The number of aromatic hydroxyl groups is 1. The molecule has 4 rings (SSSR count). The first-order valence-electron chi connectivity index (χ1n) is 11.3. The summed E-state index contributed by atoms with van der Waals surface area (Å²) in [6.45, 7) is -0.666. The minimum absolute atomic E-state index is 0.0250. The van der Waals surface area contributed by atoms with Crippen LogP contribution in [0.4, 0.5) is 0 Å². The third-order valence-electron chi connectivity index (χ3n) is 6.17. The zero-order valence-corrected chi connectivity index (χ0v) is 20.9. The third-order valence-corrected chi connectivity index (χ3v) is 6.17. The van der Waals surface area contributed by atoms with Gasteiger partial charge in [0.2, 0.25) is 17.8 Å². The van der Waals surface area contributed by atoms with E-state index in [4.69, 9.17) is 32.8 Å². The van der Waals surface area contributed by atoms with Crippen LogP contribution in [0.3, 0.4) is 0 Å². The molecule has 0 bridgehead atoms. The normalized spacial score (nSPS) is 23.2. The van der Waals surface area contributed by atoms with Gasteiger partial charge in [-0.15, -0.1) is 0 Å². The number of fused-ring (bicyclic) bond motifs is 1. The molecule has 0 unspecified atom stereocenters. The summed E-state index contributed by atoms with van der Waals surface area (Å²) in [6.07, 6.45) is -7.83. The fourth-order valence-corrected chi connectivity index (χ4v) is 4.26.